The van der Waals surface area contributed by atoms with E-state index in [9.17, 15) is 0 Å². The highest BCUT2D eigenvalue weighted by atomic mass is 15.3. The van der Waals surface area contributed by atoms with Crippen LogP contribution in [0.1, 0.15) is 23.9 Å². The minimum absolute atomic E-state index is 0.879. The van der Waals surface area contributed by atoms with E-state index in [-0.39, 0.29) is 0 Å². The number of benzene rings is 1. The Morgan fingerprint density at radius 2 is 1.80 bits per heavy atom. The molecule has 0 aliphatic heterocycles. The van der Waals surface area contributed by atoms with Gasteiger partial charge >= 0.3 is 0 Å². The molecule has 0 amide bonds. The first-order valence-corrected chi connectivity index (χ1v) is 7.08. The molecule has 0 radical (unpaired) electrons. The van der Waals surface area contributed by atoms with E-state index in [0.717, 1.165) is 24.5 Å². The summed E-state index contributed by atoms with van der Waals surface area (Å²) in [5.41, 5.74) is 5.91. The molecular formula is C16H24N4. The van der Waals surface area contributed by atoms with Gasteiger partial charge in [-0.3, -0.25) is 0 Å². The first-order chi connectivity index (χ1) is 9.54. The van der Waals surface area contributed by atoms with Crippen LogP contribution in [0.4, 0.5) is 5.69 Å². The molecule has 1 aromatic carbocycles. The Balaban J connectivity index is 2.33. The molecule has 108 valence electrons. The van der Waals surface area contributed by atoms with Crippen LogP contribution in [0.5, 0.6) is 0 Å². The topological polar surface area (TPSA) is 33.1 Å². The fraction of sp³-hybridized carbons (Fsp3) is 0.438. The Kier molecular flexibility index (Phi) is 4.45. The third-order valence-corrected chi connectivity index (χ3v) is 3.60. The molecule has 0 unspecified atom stereocenters. The maximum Gasteiger partial charge on any atom is 0.0650 e. The second-order valence-electron chi connectivity index (χ2n) is 5.25. The number of nitrogens with one attached hydrogen (secondary N) is 1. The molecule has 1 heterocycles. The lowest BCUT2D eigenvalue weighted by Gasteiger charge is -2.13. The molecule has 1 aromatic heterocycles. The zero-order valence-electron chi connectivity index (χ0n) is 13.1. The fourth-order valence-corrected chi connectivity index (χ4v) is 2.32. The van der Waals surface area contributed by atoms with Gasteiger partial charge in [0.25, 0.3) is 0 Å². The van der Waals surface area contributed by atoms with Crippen molar-refractivity contribution in [3.8, 4) is 5.69 Å². The van der Waals surface area contributed by atoms with Gasteiger partial charge in [-0.05, 0) is 44.7 Å². The molecule has 2 rings (SSSR count). The van der Waals surface area contributed by atoms with Crippen LogP contribution in [0.15, 0.2) is 24.3 Å². The van der Waals surface area contributed by atoms with Crippen LogP contribution in [0, 0.1) is 13.8 Å². The van der Waals surface area contributed by atoms with Crippen LogP contribution in [-0.4, -0.2) is 30.4 Å². The van der Waals surface area contributed by atoms with Crippen LogP contribution in [-0.2, 0) is 6.54 Å². The number of hydrogen-bond donors (Lipinski definition) is 1. The molecule has 0 saturated carbocycles. The molecular weight excluding hydrogens is 248 g/mol. The highest BCUT2D eigenvalue weighted by molar-refractivity contribution is 5.50. The van der Waals surface area contributed by atoms with Gasteiger partial charge in [0.1, 0.15) is 0 Å². The molecule has 0 atom stereocenters. The number of aryl methyl sites for hydroxylation is 1. The molecule has 2 aromatic rings. The summed E-state index contributed by atoms with van der Waals surface area (Å²) < 4.78 is 2.03. The lowest BCUT2D eigenvalue weighted by molar-refractivity contribution is 0.719. The smallest absolute Gasteiger partial charge is 0.0650 e. The van der Waals surface area contributed by atoms with E-state index in [0.29, 0.717) is 0 Å². The predicted octanol–water partition coefficient (Wildman–Crippen LogP) is 2.66. The maximum absolute atomic E-state index is 4.67. The van der Waals surface area contributed by atoms with E-state index in [1.165, 1.54) is 16.9 Å². The van der Waals surface area contributed by atoms with E-state index in [2.05, 4.69) is 60.4 Å². The summed E-state index contributed by atoms with van der Waals surface area (Å²) in [6, 6.07) is 8.48. The number of hydrogen-bond acceptors (Lipinski definition) is 3. The second-order valence-corrected chi connectivity index (χ2v) is 5.25. The van der Waals surface area contributed by atoms with Crippen molar-refractivity contribution in [1.29, 1.82) is 0 Å². The van der Waals surface area contributed by atoms with Crippen molar-refractivity contribution in [3.05, 3.63) is 41.2 Å². The van der Waals surface area contributed by atoms with Crippen molar-refractivity contribution < 1.29 is 0 Å². The first kappa shape index (κ1) is 14.6. The Morgan fingerprint density at radius 3 is 2.35 bits per heavy atom. The summed E-state index contributed by atoms with van der Waals surface area (Å²) in [4.78, 5) is 2.10. The minimum atomic E-state index is 0.879. The first-order valence-electron chi connectivity index (χ1n) is 7.08. The standard InChI is InChI=1S/C16H24N4/c1-6-17-11-16-12(2)18-20(13(16)3)15-9-7-14(8-10-15)19(4)5/h7-10,17H,6,11H2,1-5H3. The number of rotatable bonds is 5. The van der Waals surface area contributed by atoms with Gasteiger partial charge in [-0.1, -0.05) is 6.92 Å². The normalized spacial score (nSPS) is 10.8. The summed E-state index contributed by atoms with van der Waals surface area (Å²) in [5, 5.41) is 8.05. The monoisotopic (exact) mass is 272 g/mol. The largest absolute Gasteiger partial charge is 0.378 e. The van der Waals surface area contributed by atoms with Gasteiger partial charge in [-0.25, -0.2) is 4.68 Å². The van der Waals surface area contributed by atoms with Crippen LogP contribution in [0.2, 0.25) is 0 Å². The van der Waals surface area contributed by atoms with E-state index in [1.807, 2.05) is 18.8 Å². The molecule has 0 saturated heterocycles. The lowest BCUT2D eigenvalue weighted by atomic mass is 10.2. The number of anilines is 1. The third kappa shape index (κ3) is 2.85. The summed E-state index contributed by atoms with van der Waals surface area (Å²) in [6.45, 7) is 8.18. The van der Waals surface area contributed by atoms with Gasteiger partial charge < -0.3 is 10.2 Å². The van der Waals surface area contributed by atoms with Gasteiger partial charge in [0.2, 0.25) is 0 Å². The molecule has 0 spiro atoms. The molecule has 0 bridgehead atoms. The Labute approximate surface area is 121 Å². The lowest BCUT2D eigenvalue weighted by Crippen LogP contribution is -2.13. The minimum Gasteiger partial charge on any atom is -0.378 e. The molecule has 4 heteroatoms. The number of nitrogens with zero attached hydrogens (tertiary/aromatic N) is 3. The van der Waals surface area contributed by atoms with Crippen molar-refractivity contribution >= 4 is 5.69 Å². The van der Waals surface area contributed by atoms with Crippen molar-refractivity contribution in [1.82, 2.24) is 15.1 Å². The molecule has 1 N–H and O–H groups in total. The van der Waals surface area contributed by atoms with Crippen molar-refractivity contribution in [2.45, 2.75) is 27.3 Å². The average Bonchev–Trinajstić information content (AvgIpc) is 2.72. The highest BCUT2D eigenvalue weighted by Gasteiger charge is 2.12. The average molecular weight is 272 g/mol. The Morgan fingerprint density at radius 1 is 1.15 bits per heavy atom. The van der Waals surface area contributed by atoms with E-state index >= 15 is 0 Å². The predicted molar refractivity (Wildman–Crippen MR) is 84.7 cm³/mol. The van der Waals surface area contributed by atoms with E-state index in [1.54, 1.807) is 0 Å². The maximum atomic E-state index is 4.67. The Bertz CT molecular complexity index is 567. The summed E-state index contributed by atoms with van der Waals surface area (Å²) in [6.07, 6.45) is 0. The zero-order chi connectivity index (χ0) is 14.7. The van der Waals surface area contributed by atoms with Crippen molar-refractivity contribution in [2.75, 3.05) is 25.5 Å². The summed E-state index contributed by atoms with van der Waals surface area (Å²) in [7, 11) is 4.10. The van der Waals surface area contributed by atoms with E-state index < -0.39 is 0 Å². The van der Waals surface area contributed by atoms with Gasteiger partial charge in [0.05, 0.1) is 11.4 Å². The molecule has 0 fully saturated rings. The van der Waals surface area contributed by atoms with Crippen molar-refractivity contribution in [3.63, 3.8) is 0 Å². The second kappa shape index (κ2) is 6.09. The molecule has 4 nitrogen and oxygen atoms in total. The fourth-order valence-electron chi connectivity index (χ4n) is 2.32. The SMILES string of the molecule is CCNCc1c(C)nn(-c2ccc(N(C)C)cc2)c1C. The van der Waals surface area contributed by atoms with Crippen LogP contribution in [0.3, 0.4) is 0 Å². The van der Waals surface area contributed by atoms with Crippen LogP contribution >= 0.6 is 0 Å². The van der Waals surface area contributed by atoms with Gasteiger partial charge in [-0.15, -0.1) is 0 Å². The van der Waals surface area contributed by atoms with Gasteiger partial charge in [-0.2, -0.15) is 5.10 Å². The molecule has 0 aliphatic carbocycles. The molecule has 0 aliphatic rings. The van der Waals surface area contributed by atoms with Crippen molar-refractivity contribution in [2.24, 2.45) is 0 Å². The summed E-state index contributed by atoms with van der Waals surface area (Å²) in [5.74, 6) is 0. The number of aromatic nitrogens is 2. The van der Waals surface area contributed by atoms with E-state index in [4.69, 9.17) is 0 Å². The zero-order valence-corrected chi connectivity index (χ0v) is 13.1. The molecule has 20 heavy (non-hydrogen) atoms. The third-order valence-electron chi connectivity index (χ3n) is 3.60. The van der Waals surface area contributed by atoms with Crippen LogP contribution in [0.25, 0.3) is 5.69 Å². The summed E-state index contributed by atoms with van der Waals surface area (Å²) >= 11 is 0. The van der Waals surface area contributed by atoms with Crippen LogP contribution < -0.4 is 10.2 Å². The van der Waals surface area contributed by atoms with Gasteiger partial charge in [0, 0.05) is 37.6 Å². The quantitative estimate of drug-likeness (QED) is 0.908. The van der Waals surface area contributed by atoms with Gasteiger partial charge in [0.15, 0.2) is 0 Å². The Hall–Kier alpha value is -1.81. The highest BCUT2D eigenvalue weighted by Crippen LogP contribution is 2.20.